The second kappa shape index (κ2) is 7.82. The van der Waals surface area contributed by atoms with E-state index in [1.807, 2.05) is 0 Å². The molecule has 118 valence electrons. The Kier molecular flexibility index (Phi) is 6.39. The lowest BCUT2D eigenvalue weighted by Crippen LogP contribution is -2.33. The number of rotatable bonds is 5. The highest BCUT2D eigenvalue weighted by molar-refractivity contribution is 6.00. The van der Waals surface area contributed by atoms with Crippen LogP contribution in [-0.2, 0) is 6.42 Å². The first-order valence-electron chi connectivity index (χ1n) is 6.25. The summed E-state index contributed by atoms with van der Waals surface area (Å²) in [6, 6.07) is 5.21. The highest BCUT2D eigenvalue weighted by Gasteiger charge is 2.18. The number of ketones is 1. The molecule has 0 amide bonds. The van der Waals surface area contributed by atoms with Gasteiger partial charge in [-0.05, 0) is 24.1 Å². The number of benzene rings is 1. The van der Waals surface area contributed by atoms with Gasteiger partial charge < -0.3 is 10.5 Å². The number of hydrogen-bond donors (Lipinski definition) is 1. The maximum absolute atomic E-state index is 13.6. The largest absolute Gasteiger partial charge is 0.481 e. The van der Waals surface area contributed by atoms with Crippen LogP contribution in [-0.4, -0.2) is 23.9 Å². The van der Waals surface area contributed by atoms with Gasteiger partial charge in [0.1, 0.15) is 11.6 Å². The van der Waals surface area contributed by atoms with Crippen LogP contribution in [0.25, 0.3) is 0 Å². The summed E-state index contributed by atoms with van der Waals surface area (Å²) in [4.78, 5) is 16.1. The van der Waals surface area contributed by atoms with Gasteiger partial charge in [-0.15, -0.1) is 12.4 Å². The zero-order valence-electron chi connectivity index (χ0n) is 11.8. The van der Waals surface area contributed by atoms with Gasteiger partial charge in [0.15, 0.2) is 5.78 Å². The molecule has 0 aliphatic rings. The molecule has 1 aromatic heterocycles. The number of nitrogens with two attached hydrogens (primary N) is 1. The molecule has 1 atom stereocenters. The molecule has 0 radical (unpaired) electrons. The molecule has 0 saturated carbocycles. The Morgan fingerprint density at radius 2 is 2.05 bits per heavy atom. The van der Waals surface area contributed by atoms with Crippen LogP contribution in [0.2, 0.25) is 0 Å². The fourth-order valence-electron chi connectivity index (χ4n) is 1.91. The Balaban J connectivity index is 0.00000242. The van der Waals surface area contributed by atoms with Gasteiger partial charge in [0.05, 0.1) is 13.2 Å². The minimum atomic E-state index is -0.933. The lowest BCUT2D eigenvalue weighted by Gasteiger charge is -2.12. The number of nitrogens with zero attached hydrogens (tertiary/aromatic N) is 1. The van der Waals surface area contributed by atoms with Crippen molar-refractivity contribution in [2.45, 2.75) is 12.5 Å². The van der Waals surface area contributed by atoms with Gasteiger partial charge >= 0.3 is 0 Å². The van der Waals surface area contributed by atoms with E-state index < -0.39 is 17.7 Å². The second-order valence-electron chi connectivity index (χ2n) is 4.50. The van der Waals surface area contributed by atoms with Gasteiger partial charge in [-0.3, -0.25) is 4.79 Å². The molecule has 0 saturated heterocycles. The van der Waals surface area contributed by atoms with Crippen LogP contribution >= 0.6 is 12.4 Å². The third kappa shape index (κ3) is 4.22. The van der Waals surface area contributed by atoms with Crippen LogP contribution in [0.5, 0.6) is 5.88 Å². The van der Waals surface area contributed by atoms with E-state index in [1.54, 1.807) is 0 Å². The van der Waals surface area contributed by atoms with Gasteiger partial charge in [0, 0.05) is 23.9 Å². The molecule has 2 N–H and O–H groups in total. The van der Waals surface area contributed by atoms with E-state index in [0.717, 1.165) is 12.1 Å². The maximum atomic E-state index is 13.6. The van der Waals surface area contributed by atoms with Crippen molar-refractivity contribution in [3.05, 3.63) is 59.3 Å². The normalized spacial score (nSPS) is 11.5. The van der Waals surface area contributed by atoms with Gasteiger partial charge in [0.2, 0.25) is 5.88 Å². The van der Waals surface area contributed by atoms with E-state index in [9.17, 15) is 13.6 Å². The molecule has 4 nitrogen and oxygen atoms in total. The zero-order valence-corrected chi connectivity index (χ0v) is 12.6. The second-order valence-corrected chi connectivity index (χ2v) is 4.50. The van der Waals surface area contributed by atoms with Gasteiger partial charge in [0.25, 0.3) is 0 Å². The Bertz CT molecular complexity index is 668. The molecular weight excluding hydrogens is 314 g/mol. The summed E-state index contributed by atoms with van der Waals surface area (Å²) in [6.45, 7) is 0. The zero-order chi connectivity index (χ0) is 15.4. The molecule has 1 unspecified atom stereocenters. The van der Waals surface area contributed by atoms with Gasteiger partial charge in [-0.25, -0.2) is 13.8 Å². The van der Waals surface area contributed by atoms with E-state index in [1.165, 1.54) is 31.5 Å². The van der Waals surface area contributed by atoms with Crippen molar-refractivity contribution in [3.8, 4) is 5.88 Å². The number of carbonyl (C=O) groups is 1. The summed E-state index contributed by atoms with van der Waals surface area (Å²) in [5.74, 6) is -1.46. The Morgan fingerprint density at radius 3 is 2.68 bits per heavy atom. The minimum Gasteiger partial charge on any atom is -0.481 e. The molecule has 0 aliphatic carbocycles. The molecule has 1 heterocycles. The first-order valence-corrected chi connectivity index (χ1v) is 6.25. The molecule has 7 heteroatoms. The van der Waals surface area contributed by atoms with Crippen LogP contribution in [0.4, 0.5) is 8.78 Å². The highest BCUT2D eigenvalue weighted by Crippen LogP contribution is 2.15. The van der Waals surface area contributed by atoms with Crippen LogP contribution in [0.1, 0.15) is 15.9 Å². The van der Waals surface area contributed by atoms with Crippen molar-refractivity contribution >= 4 is 18.2 Å². The van der Waals surface area contributed by atoms with E-state index in [2.05, 4.69) is 4.98 Å². The minimum absolute atomic E-state index is 0. The first kappa shape index (κ1) is 18.0. The topological polar surface area (TPSA) is 65.2 Å². The number of carbonyl (C=O) groups excluding carboxylic acids is 1. The molecule has 1 aromatic carbocycles. The van der Waals surface area contributed by atoms with E-state index in [0.29, 0.717) is 11.4 Å². The van der Waals surface area contributed by atoms with Crippen LogP contribution in [0.15, 0.2) is 36.5 Å². The Morgan fingerprint density at radius 1 is 1.32 bits per heavy atom. The third-order valence-corrected chi connectivity index (χ3v) is 3.02. The first-order chi connectivity index (χ1) is 10.0. The fourth-order valence-corrected chi connectivity index (χ4v) is 1.91. The predicted octanol–water partition coefficient (Wildman–Crippen LogP) is 2.54. The maximum Gasteiger partial charge on any atom is 0.213 e. The van der Waals surface area contributed by atoms with Crippen molar-refractivity contribution in [3.63, 3.8) is 0 Å². The monoisotopic (exact) mass is 328 g/mol. The van der Waals surface area contributed by atoms with E-state index in [-0.39, 0.29) is 30.2 Å². The molecule has 0 bridgehead atoms. The molecular formula is C15H15ClF2N2O2. The van der Waals surface area contributed by atoms with Crippen molar-refractivity contribution in [2.75, 3.05) is 7.11 Å². The molecule has 22 heavy (non-hydrogen) atoms. The molecule has 0 aliphatic heterocycles. The number of methoxy groups -OCH3 is 1. The Hall–Kier alpha value is -2.05. The highest BCUT2D eigenvalue weighted by atomic mass is 35.5. The number of Topliss-reactive ketones (excluding diaryl/α,β-unsaturated/α-hetero) is 1. The summed E-state index contributed by atoms with van der Waals surface area (Å²) < 4.78 is 31.3. The number of aromatic nitrogens is 1. The smallest absolute Gasteiger partial charge is 0.213 e. The summed E-state index contributed by atoms with van der Waals surface area (Å²) in [5.41, 5.74) is 6.33. The SMILES string of the molecule is COc1cc(C(=O)C(N)Cc2ccc(F)cc2F)ccn1.Cl. The van der Waals surface area contributed by atoms with Gasteiger partial charge in [-0.1, -0.05) is 6.07 Å². The quantitative estimate of drug-likeness (QED) is 0.857. The lowest BCUT2D eigenvalue weighted by atomic mass is 9.98. The van der Waals surface area contributed by atoms with Crippen LogP contribution in [0.3, 0.4) is 0 Å². The molecule has 2 rings (SSSR count). The average molecular weight is 329 g/mol. The van der Waals surface area contributed by atoms with Crippen LogP contribution < -0.4 is 10.5 Å². The van der Waals surface area contributed by atoms with Crippen molar-refractivity contribution < 1.29 is 18.3 Å². The summed E-state index contributed by atoms with van der Waals surface area (Å²) in [5, 5.41) is 0. The summed E-state index contributed by atoms with van der Waals surface area (Å²) in [6.07, 6.45) is 1.41. The van der Waals surface area contributed by atoms with E-state index in [4.69, 9.17) is 10.5 Å². The number of halogens is 3. The number of hydrogen-bond acceptors (Lipinski definition) is 4. The van der Waals surface area contributed by atoms with Crippen LogP contribution in [0, 0.1) is 11.6 Å². The standard InChI is InChI=1S/C15H14F2N2O2.ClH/c1-21-14-7-10(4-5-19-14)15(20)13(18)6-9-2-3-11(16)8-12(9)17;/h2-5,7-8,13H,6,18H2,1H3;1H. The van der Waals surface area contributed by atoms with Gasteiger partial charge in [-0.2, -0.15) is 0 Å². The molecule has 2 aromatic rings. The van der Waals surface area contributed by atoms with Crippen molar-refractivity contribution in [1.29, 1.82) is 0 Å². The van der Waals surface area contributed by atoms with Crippen molar-refractivity contribution in [2.24, 2.45) is 5.73 Å². The number of ether oxygens (including phenoxy) is 1. The predicted molar refractivity (Wildman–Crippen MR) is 80.4 cm³/mol. The summed E-state index contributed by atoms with van der Waals surface area (Å²) >= 11 is 0. The number of pyridine rings is 1. The fraction of sp³-hybridized carbons (Fsp3) is 0.200. The Labute approximate surface area is 132 Å². The average Bonchev–Trinajstić information content (AvgIpc) is 2.49. The lowest BCUT2D eigenvalue weighted by molar-refractivity contribution is 0.0960. The molecule has 0 fully saturated rings. The third-order valence-electron chi connectivity index (χ3n) is 3.02. The van der Waals surface area contributed by atoms with E-state index >= 15 is 0 Å². The van der Waals surface area contributed by atoms with Crippen molar-refractivity contribution in [1.82, 2.24) is 4.98 Å². The molecule has 0 spiro atoms. The summed E-state index contributed by atoms with van der Waals surface area (Å²) in [7, 11) is 1.43.